The van der Waals surface area contributed by atoms with Crippen molar-refractivity contribution in [2.24, 2.45) is 0 Å². The average Bonchev–Trinajstić information content (AvgIpc) is 3.28. The molecule has 4 nitrogen and oxygen atoms in total. The summed E-state index contributed by atoms with van der Waals surface area (Å²) in [6.45, 7) is 2.10. The summed E-state index contributed by atoms with van der Waals surface area (Å²) >= 11 is 0. The van der Waals surface area contributed by atoms with Crippen LogP contribution in [-0.2, 0) is 6.42 Å². The van der Waals surface area contributed by atoms with Crippen molar-refractivity contribution in [2.45, 2.75) is 19.4 Å². The number of benzene rings is 3. The van der Waals surface area contributed by atoms with E-state index >= 15 is 0 Å². The number of aryl methyl sites for hydroxylation is 1. The second-order valence-electron chi connectivity index (χ2n) is 7.31. The Morgan fingerprint density at radius 3 is 2.00 bits per heavy atom. The molecule has 1 N–H and O–H groups in total. The van der Waals surface area contributed by atoms with Crippen LogP contribution in [0.5, 0.6) is 0 Å². The van der Waals surface area contributed by atoms with Crippen molar-refractivity contribution in [2.75, 3.05) is 0 Å². The van der Waals surface area contributed by atoms with E-state index in [0.29, 0.717) is 11.3 Å². The highest BCUT2D eigenvalue weighted by Gasteiger charge is 2.23. The SMILES string of the molecule is CCc1ccc(-n2ccc(C#N)c2C(=O)NC(c2ccccc2)c2ccccc2)cc1. The lowest BCUT2D eigenvalue weighted by Crippen LogP contribution is -2.31. The van der Waals surface area contributed by atoms with Crippen LogP contribution in [0.1, 0.15) is 45.7 Å². The van der Waals surface area contributed by atoms with Crippen molar-refractivity contribution >= 4 is 5.91 Å². The van der Waals surface area contributed by atoms with Crippen LogP contribution in [-0.4, -0.2) is 10.5 Å². The highest BCUT2D eigenvalue weighted by Crippen LogP contribution is 2.24. The topological polar surface area (TPSA) is 57.8 Å². The van der Waals surface area contributed by atoms with Crippen molar-refractivity contribution in [1.29, 1.82) is 5.26 Å². The maximum Gasteiger partial charge on any atom is 0.270 e. The van der Waals surface area contributed by atoms with E-state index in [1.807, 2.05) is 84.9 Å². The third kappa shape index (κ3) is 4.26. The number of nitrogens with zero attached hydrogens (tertiary/aromatic N) is 2. The maximum absolute atomic E-state index is 13.5. The molecule has 0 atom stereocenters. The van der Waals surface area contributed by atoms with Gasteiger partial charge in [0.2, 0.25) is 0 Å². The highest BCUT2D eigenvalue weighted by atomic mass is 16.2. The summed E-state index contributed by atoms with van der Waals surface area (Å²) < 4.78 is 1.78. The minimum Gasteiger partial charge on any atom is -0.340 e. The average molecular weight is 406 g/mol. The monoisotopic (exact) mass is 405 g/mol. The molecule has 0 fully saturated rings. The minimum atomic E-state index is -0.327. The van der Waals surface area contributed by atoms with Crippen molar-refractivity contribution < 1.29 is 4.79 Å². The van der Waals surface area contributed by atoms with E-state index in [-0.39, 0.29) is 11.9 Å². The Labute approximate surface area is 182 Å². The summed E-state index contributed by atoms with van der Waals surface area (Å²) in [7, 11) is 0. The molecule has 4 rings (SSSR count). The number of hydrogen-bond acceptors (Lipinski definition) is 2. The molecule has 0 aliphatic heterocycles. The number of carbonyl (C=O) groups excluding carboxylic acids is 1. The van der Waals surface area contributed by atoms with E-state index < -0.39 is 0 Å². The molecule has 0 saturated heterocycles. The molecule has 0 aliphatic carbocycles. The van der Waals surface area contributed by atoms with Gasteiger partial charge >= 0.3 is 0 Å². The van der Waals surface area contributed by atoms with Crippen LogP contribution in [0.3, 0.4) is 0 Å². The lowest BCUT2D eigenvalue weighted by atomic mass is 9.98. The summed E-state index contributed by atoms with van der Waals surface area (Å²) in [5, 5.41) is 12.8. The number of hydrogen-bond donors (Lipinski definition) is 1. The van der Waals surface area contributed by atoms with Gasteiger partial charge in [-0.15, -0.1) is 0 Å². The number of nitriles is 1. The molecule has 1 aromatic heterocycles. The predicted molar refractivity (Wildman–Crippen MR) is 122 cm³/mol. The van der Waals surface area contributed by atoms with Gasteiger partial charge in [-0.25, -0.2) is 0 Å². The van der Waals surface area contributed by atoms with Gasteiger partial charge in [0.1, 0.15) is 11.8 Å². The fourth-order valence-corrected chi connectivity index (χ4v) is 3.71. The normalized spacial score (nSPS) is 10.6. The molecular formula is C27H23N3O. The summed E-state index contributed by atoms with van der Waals surface area (Å²) in [6, 6.07) is 31.2. The molecule has 1 amide bonds. The molecule has 3 aromatic carbocycles. The molecule has 4 heteroatoms. The molecule has 0 saturated carbocycles. The maximum atomic E-state index is 13.5. The number of carbonyl (C=O) groups is 1. The molecule has 0 spiro atoms. The van der Waals surface area contributed by atoms with E-state index in [2.05, 4.69) is 18.3 Å². The first kappa shape index (κ1) is 20.2. The van der Waals surface area contributed by atoms with Crippen LogP contribution in [0, 0.1) is 11.3 Å². The first-order valence-electron chi connectivity index (χ1n) is 10.3. The van der Waals surface area contributed by atoms with E-state index in [9.17, 15) is 10.1 Å². The van der Waals surface area contributed by atoms with Crippen LogP contribution < -0.4 is 5.32 Å². The van der Waals surface area contributed by atoms with E-state index in [1.165, 1.54) is 5.56 Å². The van der Waals surface area contributed by atoms with Crippen molar-refractivity contribution in [3.8, 4) is 11.8 Å². The Morgan fingerprint density at radius 2 is 1.48 bits per heavy atom. The van der Waals surface area contributed by atoms with Crippen LogP contribution in [0.15, 0.2) is 97.2 Å². The lowest BCUT2D eigenvalue weighted by Gasteiger charge is -2.21. The Bertz CT molecular complexity index is 1160. The van der Waals surface area contributed by atoms with Gasteiger partial charge in [-0.1, -0.05) is 79.7 Å². The minimum absolute atomic E-state index is 0.293. The zero-order valence-electron chi connectivity index (χ0n) is 17.3. The fraction of sp³-hybridized carbons (Fsp3) is 0.111. The van der Waals surface area contributed by atoms with Crippen LogP contribution >= 0.6 is 0 Å². The van der Waals surface area contributed by atoms with E-state index in [4.69, 9.17) is 0 Å². The summed E-state index contributed by atoms with van der Waals surface area (Å²) in [4.78, 5) is 13.5. The quantitative estimate of drug-likeness (QED) is 0.465. The van der Waals surface area contributed by atoms with Gasteiger partial charge in [0.15, 0.2) is 0 Å². The highest BCUT2D eigenvalue weighted by molar-refractivity contribution is 5.96. The standard InChI is InChI=1S/C27H23N3O/c1-2-20-13-15-24(16-14-20)30-18-17-23(19-28)26(30)27(31)29-25(21-9-5-3-6-10-21)22-11-7-4-8-12-22/h3-18,25H,2H2,1H3,(H,29,31). The van der Waals surface area contributed by atoms with Crippen molar-refractivity contribution in [1.82, 2.24) is 9.88 Å². The number of rotatable bonds is 6. The van der Waals surface area contributed by atoms with Gasteiger partial charge < -0.3 is 9.88 Å². The summed E-state index contributed by atoms with van der Waals surface area (Å²) in [5.74, 6) is -0.293. The molecule has 4 aromatic rings. The Morgan fingerprint density at radius 1 is 0.903 bits per heavy atom. The predicted octanol–water partition coefficient (Wildman–Crippen LogP) is 5.43. The van der Waals surface area contributed by atoms with E-state index in [1.54, 1.807) is 16.8 Å². The number of nitrogens with one attached hydrogen (secondary N) is 1. The van der Waals surface area contributed by atoms with Gasteiger partial charge in [0, 0.05) is 11.9 Å². The van der Waals surface area contributed by atoms with Crippen molar-refractivity contribution in [3.05, 3.63) is 125 Å². The third-order valence-corrected chi connectivity index (χ3v) is 5.39. The lowest BCUT2D eigenvalue weighted by molar-refractivity contribution is 0.0936. The Hall–Kier alpha value is -4.10. The van der Waals surface area contributed by atoms with Gasteiger partial charge in [-0.3, -0.25) is 4.79 Å². The third-order valence-electron chi connectivity index (χ3n) is 5.39. The molecule has 1 heterocycles. The molecular weight excluding hydrogens is 382 g/mol. The van der Waals surface area contributed by atoms with Crippen molar-refractivity contribution in [3.63, 3.8) is 0 Å². The van der Waals surface area contributed by atoms with Crippen LogP contribution in [0.25, 0.3) is 5.69 Å². The number of aromatic nitrogens is 1. The molecule has 31 heavy (non-hydrogen) atoms. The van der Waals surface area contributed by atoms with Crippen LogP contribution in [0.2, 0.25) is 0 Å². The van der Waals surface area contributed by atoms with Gasteiger partial charge in [0.05, 0.1) is 11.6 Å². The molecule has 0 radical (unpaired) electrons. The van der Waals surface area contributed by atoms with Gasteiger partial charge in [-0.05, 0) is 41.3 Å². The molecule has 0 bridgehead atoms. The second kappa shape index (κ2) is 9.15. The smallest absolute Gasteiger partial charge is 0.270 e. The van der Waals surface area contributed by atoms with Gasteiger partial charge in [0.25, 0.3) is 5.91 Å². The Kier molecular flexibility index (Phi) is 5.96. The zero-order chi connectivity index (χ0) is 21.6. The first-order valence-corrected chi connectivity index (χ1v) is 10.3. The summed E-state index contributed by atoms with van der Waals surface area (Å²) in [6.07, 6.45) is 2.72. The summed E-state index contributed by atoms with van der Waals surface area (Å²) in [5.41, 5.74) is 4.70. The van der Waals surface area contributed by atoms with Crippen LogP contribution in [0.4, 0.5) is 0 Å². The molecule has 0 unspecified atom stereocenters. The van der Waals surface area contributed by atoms with Gasteiger partial charge in [-0.2, -0.15) is 5.26 Å². The fourth-order valence-electron chi connectivity index (χ4n) is 3.71. The first-order chi connectivity index (χ1) is 15.2. The Balaban J connectivity index is 1.73. The van der Waals surface area contributed by atoms with E-state index in [0.717, 1.165) is 23.2 Å². The zero-order valence-corrected chi connectivity index (χ0v) is 17.3. The second-order valence-corrected chi connectivity index (χ2v) is 7.31. The molecule has 0 aliphatic rings. The molecule has 152 valence electrons. The number of amides is 1. The largest absolute Gasteiger partial charge is 0.340 e.